The predicted octanol–water partition coefficient (Wildman–Crippen LogP) is 6.42. The average Bonchev–Trinajstić information content (AvgIpc) is 2.65. The first-order chi connectivity index (χ1) is 12.6. The molecule has 0 heterocycles. The lowest BCUT2D eigenvalue weighted by Gasteiger charge is -2.22. The van der Waals surface area contributed by atoms with Gasteiger partial charge in [-0.1, -0.05) is 66.2 Å². The minimum absolute atomic E-state index is 0.0995. The van der Waals surface area contributed by atoms with Gasteiger partial charge in [0.1, 0.15) is 0 Å². The van der Waals surface area contributed by atoms with Crippen molar-refractivity contribution < 1.29 is 14.6 Å². The van der Waals surface area contributed by atoms with E-state index in [2.05, 4.69) is 34.1 Å². The minimum Gasteiger partial charge on any atom is -0.502 e. The lowest BCUT2D eigenvalue weighted by atomic mass is 9.86. The van der Waals surface area contributed by atoms with E-state index in [9.17, 15) is 5.11 Å². The molecule has 0 fully saturated rings. The van der Waals surface area contributed by atoms with Crippen molar-refractivity contribution in [1.29, 1.82) is 0 Å². The number of rotatable bonds is 13. The summed E-state index contributed by atoms with van der Waals surface area (Å²) < 4.78 is 11.0. The van der Waals surface area contributed by atoms with Crippen LogP contribution in [-0.4, -0.2) is 19.3 Å². The number of ether oxygens (including phenoxy) is 2. The molecular formula is C23H38O3. The van der Waals surface area contributed by atoms with Crippen LogP contribution in [0.1, 0.15) is 83.8 Å². The molecule has 0 bridgehead atoms. The third-order valence-electron chi connectivity index (χ3n) is 5.37. The summed E-state index contributed by atoms with van der Waals surface area (Å²) in [6, 6.07) is 1.92. The Morgan fingerprint density at radius 2 is 1.58 bits per heavy atom. The molecule has 2 atom stereocenters. The Bertz CT molecular complexity index is 525. The van der Waals surface area contributed by atoms with E-state index >= 15 is 0 Å². The molecule has 148 valence electrons. The summed E-state index contributed by atoms with van der Waals surface area (Å²) in [5.74, 6) is 2.34. The molecule has 1 aromatic rings. The van der Waals surface area contributed by atoms with E-state index in [1.165, 1.54) is 25.7 Å². The van der Waals surface area contributed by atoms with Gasteiger partial charge >= 0.3 is 0 Å². The molecule has 0 aromatic heterocycles. The van der Waals surface area contributed by atoms with Crippen molar-refractivity contribution in [1.82, 2.24) is 0 Å². The standard InChI is InChI=1S/C23H38O3/c1-7-11-17(9-3)13-14-19-16-21(25-5)22(24)23(26-6)20(19)15-18(10-4)12-8-2/h16-18,24H,7-13,15H2,1-6H3. The van der Waals surface area contributed by atoms with Crippen LogP contribution in [0.4, 0.5) is 0 Å². The zero-order valence-electron chi connectivity index (χ0n) is 17.7. The van der Waals surface area contributed by atoms with Crippen LogP contribution in [0.3, 0.4) is 0 Å². The van der Waals surface area contributed by atoms with E-state index in [-0.39, 0.29) is 5.75 Å². The molecule has 26 heavy (non-hydrogen) atoms. The fourth-order valence-electron chi connectivity index (χ4n) is 3.66. The van der Waals surface area contributed by atoms with Crippen LogP contribution in [0.15, 0.2) is 6.07 Å². The summed E-state index contributed by atoms with van der Waals surface area (Å²) in [5, 5.41) is 10.5. The van der Waals surface area contributed by atoms with Gasteiger partial charge in [-0.15, -0.1) is 0 Å². The highest BCUT2D eigenvalue weighted by Gasteiger charge is 2.22. The second kappa shape index (κ2) is 12.1. The highest BCUT2D eigenvalue weighted by Crippen LogP contribution is 2.43. The molecular weight excluding hydrogens is 324 g/mol. The lowest BCUT2D eigenvalue weighted by Crippen LogP contribution is -2.09. The van der Waals surface area contributed by atoms with Gasteiger partial charge in [0.05, 0.1) is 14.2 Å². The van der Waals surface area contributed by atoms with Gasteiger partial charge in [-0.2, -0.15) is 0 Å². The molecule has 0 amide bonds. The molecule has 0 aliphatic rings. The smallest absolute Gasteiger partial charge is 0.201 e. The van der Waals surface area contributed by atoms with Crippen LogP contribution in [0.5, 0.6) is 17.2 Å². The largest absolute Gasteiger partial charge is 0.502 e. The van der Waals surface area contributed by atoms with Gasteiger partial charge in [0.25, 0.3) is 0 Å². The SMILES string of the molecule is CCCC(CC)C[C]c1cc(OC)c(O)c(OC)c1CC(CC)CCC. The molecule has 1 rings (SSSR count). The van der Waals surface area contributed by atoms with Crippen LogP contribution in [0, 0.1) is 18.3 Å². The van der Waals surface area contributed by atoms with Gasteiger partial charge in [-0.05, 0) is 36.3 Å². The number of hydrogen-bond donors (Lipinski definition) is 1. The van der Waals surface area contributed by atoms with Crippen LogP contribution in [0.2, 0.25) is 0 Å². The van der Waals surface area contributed by atoms with Crippen LogP contribution in [-0.2, 0) is 6.42 Å². The molecule has 2 unspecified atom stereocenters. The first-order valence-electron chi connectivity index (χ1n) is 10.3. The van der Waals surface area contributed by atoms with Crippen molar-refractivity contribution in [3.63, 3.8) is 0 Å². The highest BCUT2D eigenvalue weighted by molar-refractivity contribution is 5.60. The van der Waals surface area contributed by atoms with Crippen LogP contribution in [0.25, 0.3) is 0 Å². The zero-order chi connectivity index (χ0) is 19.5. The van der Waals surface area contributed by atoms with E-state index in [1.807, 2.05) is 6.07 Å². The maximum absolute atomic E-state index is 10.5. The Morgan fingerprint density at radius 1 is 0.962 bits per heavy atom. The molecule has 1 aromatic carbocycles. The van der Waals surface area contributed by atoms with E-state index in [0.717, 1.165) is 36.8 Å². The molecule has 0 aliphatic carbocycles. The number of benzene rings is 1. The Hall–Kier alpha value is -1.38. The van der Waals surface area contributed by atoms with Crippen molar-refractivity contribution in [2.24, 2.45) is 11.8 Å². The van der Waals surface area contributed by atoms with E-state index in [0.29, 0.717) is 23.3 Å². The Labute approximate surface area is 161 Å². The summed E-state index contributed by atoms with van der Waals surface area (Å²) in [6.07, 6.45) is 12.5. The quantitative estimate of drug-likeness (QED) is 0.440. The van der Waals surface area contributed by atoms with E-state index in [1.54, 1.807) is 14.2 Å². The van der Waals surface area contributed by atoms with E-state index < -0.39 is 0 Å². The Kier molecular flexibility index (Phi) is 10.5. The molecule has 0 saturated carbocycles. The second-order valence-electron chi connectivity index (χ2n) is 7.20. The van der Waals surface area contributed by atoms with Gasteiger partial charge in [-0.3, -0.25) is 0 Å². The number of aromatic hydroxyl groups is 1. The molecule has 0 aliphatic heterocycles. The van der Waals surface area contributed by atoms with Gasteiger partial charge in [0, 0.05) is 12.0 Å². The van der Waals surface area contributed by atoms with Gasteiger partial charge in [0.15, 0.2) is 11.5 Å². The van der Waals surface area contributed by atoms with E-state index in [4.69, 9.17) is 9.47 Å². The predicted molar refractivity (Wildman–Crippen MR) is 109 cm³/mol. The number of phenolic OH excluding ortho intramolecular Hbond substituents is 1. The fourth-order valence-corrected chi connectivity index (χ4v) is 3.66. The van der Waals surface area contributed by atoms with Gasteiger partial charge in [0.2, 0.25) is 5.75 Å². The summed E-state index contributed by atoms with van der Waals surface area (Å²) in [4.78, 5) is 0. The molecule has 1 N–H and O–H groups in total. The summed E-state index contributed by atoms with van der Waals surface area (Å²) >= 11 is 0. The number of hydrogen-bond acceptors (Lipinski definition) is 3. The highest BCUT2D eigenvalue weighted by atomic mass is 16.5. The first-order valence-corrected chi connectivity index (χ1v) is 10.3. The average molecular weight is 363 g/mol. The molecule has 3 heteroatoms. The van der Waals surface area contributed by atoms with Crippen molar-refractivity contribution in [3.8, 4) is 17.2 Å². The van der Waals surface area contributed by atoms with Crippen molar-refractivity contribution in [2.45, 2.75) is 79.1 Å². The third-order valence-corrected chi connectivity index (χ3v) is 5.37. The monoisotopic (exact) mass is 362 g/mol. The van der Waals surface area contributed by atoms with Gasteiger partial charge < -0.3 is 14.6 Å². The second-order valence-corrected chi connectivity index (χ2v) is 7.20. The number of phenols is 1. The molecule has 3 nitrogen and oxygen atoms in total. The molecule has 0 saturated heterocycles. The Morgan fingerprint density at radius 3 is 2.08 bits per heavy atom. The maximum atomic E-state index is 10.5. The maximum Gasteiger partial charge on any atom is 0.201 e. The number of methoxy groups -OCH3 is 2. The third kappa shape index (κ3) is 6.10. The molecule has 0 spiro atoms. The minimum atomic E-state index is 0.0995. The van der Waals surface area contributed by atoms with Gasteiger partial charge in [-0.25, -0.2) is 0 Å². The fraction of sp³-hybridized carbons (Fsp3) is 0.696. The zero-order valence-corrected chi connectivity index (χ0v) is 17.7. The summed E-state index contributed by atoms with van der Waals surface area (Å²) in [6.45, 7) is 8.94. The normalized spacial score (nSPS) is 13.5. The lowest BCUT2D eigenvalue weighted by molar-refractivity contribution is 0.333. The van der Waals surface area contributed by atoms with Crippen molar-refractivity contribution in [2.75, 3.05) is 14.2 Å². The summed E-state index contributed by atoms with van der Waals surface area (Å²) in [7, 11) is 3.20. The summed E-state index contributed by atoms with van der Waals surface area (Å²) in [5.41, 5.74) is 2.10. The van der Waals surface area contributed by atoms with Crippen LogP contribution < -0.4 is 9.47 Å². The van der Waals surface area contributed by atoms with Crippen molar-refractivity contribution in [3.05, 3.63) is 23.6 Å². The van der Waals surface area contributed by atoms with Crippen molar-refractivity contribution >= 4 is 0 Å². The topological polar surface area (TPSA) is 38.7 Å². The van der Waals surface area contributed by atoms with Crippen LogP contribution >= 0.6 is 0 Å². The Balaban J connectivity index is 3.21. The molecule has 2 radical (unpaired) electrons. The first kappa shape index (κ1) is 22.7.